The van der Waals surface area contributed by atoms with Crippen LogP contribution in [-0.4, -0.2) is 64.8 Å². The molecule has 1 heterocycles. The first kappa shape index (κ1) is 22.1. The van der Waals surface area contributed by atoms with Crippen LogP contribution in [0.5, 0.6) is 11.5 Å². The van der Waals surface area contributed by atoms with Gasteiger partial charge in [-0.15, -0.1) is 0 Å². The van der Waals surface area contributed by atoms with Crippen LogP contribution in [0.15, 0.2) is 42.5 Å². The minimum Gasteiger partial charge on any atom is -0.493 e. The van der Waals surface area contributed by atoms with E-state index >= 15 is 0 Å². The Morgan fingerprint density at radius 3 is 2.13 bits per heavy atom. The van der Waals surface area contributed by atoms with Crippen LogP contribution in [0.4, 0.5) is 0 Å². The minimum atomic E-state index is 0.217. The molecule has 6 heteroatoms. The number of carbonyl (C=O) groups is 1. The van der Waals surface area contributed by atoms with Crippen LogP contribution >= 0.6 is 0 Å². The Kier molecular flexibility index (Phi) is 7.71. The fourth-order valence-electron chi connectivity index (χ4n) is 3.99. The van der Waals surface area contributed by atoms with Crippen LogP contribution in [-0.2, 0) is 17.9 Å². The van der Waals surface area contributed by atoms with Gasteiger partial charge in [-0.25, -0.2) is 0 Å². The van der Waals surface area contributed by atoms with Gasteiger partial charge in [-0.05, 0) is 30.7 Å². The van der Waals surface area contributed by atoms with E-state index in [1.165, 1.54) is 21.6 Å². The smallest absolute Gasteiger partial charge is 0.277 e. The molecule has 0 spiro atoms. The van der Waals surface area contributed by atoms with Crippen LogP contribution < -0.4 is 19.3 Å². The van der Waals surface area contributed by atoms with Gasteiger partial charge in [0, 0.05) is 19.2 Å². The number of hydrogen-bond donors (Lipinski definition) is 2. The molecule has 162 valence electrons. The quantitative estimate of drug-likeness (QED) is 0.638. The third-order valence-electron chi connectivity index (χ3n) is 5.93. The van der Waals surface area contributed by atoms with E-state index in [1.807, 2.05) is 18.0 Å². The van der Waals surface area contributed by atoms with Crippen molar-refractivity contribution in [3.8, 4) is 11.5 Å². The lowest BCUT2D eigenvalue weighted by Gasteiger charge is -2.30. The summed E-state index contributed by atoms with van der Waals surface area (Å²) in [6, 6.07) is 14.5. The SMILES string of the molecule is COc1ccc(C[NH+]2CC[NH+](CC(=O)N(C)Cc3ccc(C)cc3)CC2)cc1OC. The lowest BCUT2D eigenvalue weighted by atomic mass is 10.1. The number of ether oxygens (including phenoxy) is 2. The van der Waals surface area contributed by atoms with E-state index in [2.05, 4.69) is 43.3 Å². The van der Waals surface area contributed by atoms with E-state index in [-0.39, 0.29) is 5.91 Å². The number of quaternary nitrogens is 2. The molecule has 3 rings (SSSR count). The molecule has 1 fully saturated rings. The van der Waals surface area contributed by atoms with Crippen LogP contribution in [0, 0.1) is 6.92 Å². The van der Waals surface area contributed by atoms with E-state index in [4.69, 9.17) is 9.47 Å². The standard InChI is InChI=1S/C24H33N3O3/c1-19-5-7-20(8-6-19)16-25(2)24(28)18-27-13-11-26(12-14-27)17-21-9-10-22(29-3)23(15-21)30-4/h5-10,15H,11-14,16-18H2,1-4H3/p+2. The molecule has 1 saturated heterocycles. The maximum atomic E-state index is 12.7. The van der Waals surface area contributed by atoms with Crippen LogP contribution in [0.1, 0.15) is 16.7 Å². The van der Waals surface area contributed by atoms with Crippen molar-refractivity contribution in [3.05, 3.63) is 59.2 Å². The van der Waals surface area contributed by atoms with E-state index in [9.17, 15) is 4.79 Å². The summed E-state index contributed by atoms with van der Waals surface area (Å²) in [5, 5.41) is 0. The molecular formula is C24H35N3O3+2. The second kappa shape index (κ2) is 10.5. The number of hydrogen-bond acceptors (Lipinski definition) is 3. The molecule has 1 aliphatic rings. The van der Waals surface area contributed by atoms with Gasteiger partial charge in [0.2, 0.25) is 0 Å². The topological polar surface area (TPSA) is 47.7 Å². The highest BCUT2D eigenvalue weighted by atomic mass is 16.5. The van der Waals surface area contributed by atoms with Gasteiger partial charge in [0.15, 0.2) is 18.0 Å². The number of benzene rings is 2. The van der Waals surface area contributed by atoms with Gasteiger partial charge in [0.1, 0.15) is 32.7 Å². The van der Waals surface area contributed by atoms with Crippen molar-refractivity contribution >= 4 is 5.91 Å². The number of methoxy groups -OCH3 is 2. The van der Waals surface area contributed by atoms with Crippen LogP contribution in [0.25, 0.3) is 0 Å². The van der Waals surface area contributed by atoms with Gasteiger partial charge in [0.25, 0.3) is 5.91 Å². The highest BCUT2D eigenvalue weighted by molar-refractivity contribution is 5.76. The second-order valence-electron chi connectivity index (χ2n) is 8.28. The fourth-order valence-corrected chi connectivity index (χ4v) is 3.99. The number of piperazine rings is 1. The average molecular weight is 414 g/mol. The van der Waals surface area contributed by atoms with E-state index in [0.29, 0.717) is 13.1 Å². The Hall–Kier alpha value is -2.57. The fraction of sp³-hybridized carbons (Fsp3) is 0.458. The Labute approximate surface area is 180 Å². The van der Waals surface area contributed by atoms with Crippen LogP contribution in [0.2, 0.25) is 0 Å². The maximum Gasteiger partial charge on any atom is 0.277 e. The van der Waals surface area contributed by atoms with E-state index in [1.54, 1.807) is 19.1 Å². The van der Waals surface area contributed by atoms with Gasteiger partial charge < -0.3 is 24.2 Å². The molecule has 2 N–H and O–H groups in total. The van der Waals surface area contributed by atoms with Crippen molar-refractivity contribution in [2.24, 2.45) is 0 Å². The van der Waals surface area contributed by atoms with Gasteiger partial charge in [-0.2, -0.15) is 0 Å². The molecule has 2 aromatic carbocycles. The minimum absolute atomic E-state index is 0.217. The van der Waals surface area contributed by atoms with Crippen molar-refractivity contribution in [1.82, 2.24) is 4.90 Å². The molecule has 0 radical (unpaired) electrons. The van der Waals surface area contributed by atoms with Crippen molar-refractivity contribution in [1.29, 1.82) is 0 Å². The highest BCUT2D eigenvalue weighted by Crippen LogP contribution is 2.27. The summed E-state index contributed by atoms with van der Waals surface area (Å²) in [5.74, 6) is 1.76. The lowest BCUT2D eigenvalue weighted by molar-refractivity contribution is -1.02. The molecular weight excluding hydrogens is 378 g/mol. The van der Waals surface area contributed by atoms with Gasteiger partial charge in [-0.1, -0.05) is 29.8 Å². The first-order valence-electron chi connectivity index (χ1n) is 10.7. The second-order valence-corrected chi connectivity index (χ2v) is 8.28. The van der Waals surface area contributed by atoms with Crippen molar-refractivity contribution in [2.45, 2.75) is 20.0 Å². The molecule has 0 bridgehead atoms. The van der Waals surface area contributed by atoms with E-state index in [0.717, 1.165) is 44.2 Å². The lowest BCUT2D eigenvalue weighted by Crippen LogP contribution is -3.28. The Morgan fingerprint density at radius 1 is 0.900 bits per heavy atom. The molecule has 1 aliphatic heterocycles. The predicted octanol–water partition coefficient (Wildman–Crippen LogP) is -0.0458. The summed E-state index contributed by atoms with van der Waals surface area (Å²) in [5.41, 5.74) is 3.67. The largest absolute Gasteiger partial charge is 0.493 e. The number of aryl methyl sites for hydroxylation is 1. The summed E-state index contributed by atoms with van der Waals surface area (Å²) in [7, 11) is 5.23. The summed E-state index contributed by atoms with van der Waals surface area (Å²) in [4.78, 5) is 17.4. The van der Waals surface area contributed by atoms with Gasteiger partial charge in [0.05, 0.1) is 14.2 Å². The molecule has 0 saturated carbocycles. The Bertz CT molecular complexity index is 830. The predicted molar refractivity (Wildman–Crippen MR) is 117 cm³/mol. The number of rotatable bonds is 8. The number of carbonyl (C=O) groups excluding carboxylic acids is 1. The third kappa shape index (κ3) is 5.97. The molecule has 30 heavy (non-hydrogen) atoms. The zero-order valence-electron chi connectivity index (χ0n) is 18.7. The number of nitrogens with one attached hydrogen (secondary N) is 2. The number of likely N-dealkylation sites (N-methyl/N-ethyl adjacent to an activating group) is 1. The molecule has 0 aliphatic carbocycles. The Morgan fingerprint density at radius 2 is 1.50 bits per heavy atom. The molecule has 6 nitrogen and oxygen atoms in total. The Balaban J connectivity index is 1.45. The van der Waals surface area contributed by atoms with Crippen molar-refractivity contribution < 1.29 is 24.1 Å². The van der Waals surface area contributed by atoms with Crippen molar-refractivity contribution in [2.75, 3.05) is 54.0 Å². The average Bonchev–Trinajstić information content (AvgIpc) is 2.76. The van der Waals surface area contributed by atoms with E-state index < -0.39 is 0 Å². The summed E-state index contributed by atoms with van der Waals surface area (Å²) in [6.45, 7) is 8.47. The molecule has 0 atom stereocenters. The van der Waals surface area contributed by atoms with Gasteiger partial charge in [-0.3, -0.25) is 4.79 Å². The number of amides is 1. The molecule has 2 aromatic rings. The molecule has 0 unspecified atom stereocenters. The van der Waals surface area contributed by atoms with Crippen molar-refractivity contribution in [3.63, 3.8) is 0 Å². The molecule has 1 amide bonds. The zero-order valence-corrected chi connectivity index (χ0v) is 18.7. The first-order chi connectivity index (χ1) is 14.5. The first-order valence-corrected chi connectivity index (χ1v) is 10.7. The van der Waals surface area contributed by atoms with Gasteiger partial charge >= 0.3 is 0 Å². The summed E-state index contributed by atoms with van der Waals surface area (Å²) in [6.07, 6.45) is 0. The maximum absolute atomic E-state index is 12.7. The van der Waals surface area contributed by atoms with Crippen LogP contribution in [0.3, 0.4) is 0 Å². The number of nitrogens with zero attached hydrogens (tertiary/aromatic N) is 1. The monoisotopic (exact) mass is 413 g/mol. The third-order valence-corrected chi connectivity index (χ3v) is 5.93. The zero-order chi connectivity index (χ0) is 21.5. The summed E-state index contributed by atoms with van der Waals surface area (Å²) >= 11 is 0. The highest BCUT2D eigenvalue weighted by Gasteiger charge is 2.26. The molecule has 0 aromatic heterocycles. The summed E-state index contributed by atoms with van der Waals surface area (Å²) < 4.78 is 10.7. The normalized spacial score (nSPS) is 18.7.